The van der Waals surface area contributed by atoms with Crippen molar-refractivity contribution in [1.29, 1.82) is 0 Å². The Hall–Kier alpha value is -1.16. The van der Waals surface area contributed by atoms with E-state index in [4.69, 9.17) is 16.3 Å². The number of halogens is 1. The molecule has 1 atom stereocenters. The third-order valence-electron chi connectivity index (χ3n) is 3.54. The van der Waals surface area contributed by atoms with Crippen LogP contribution in [-0.4, -0.2) is 24.2 Å². The van der Waals surface area contributed by atoms with E-state index < -0.39 is 0 Å². The minimum atomic E-state index is 0.447. The molecule has 4 heteroatoms. The molecule has 1 unspecified atom stereocenters. The minimum absolute atomic E-state index is 0.447. The first-order valence-electron chi connectivity index (χ1n) is 6.68. The van der Waals surface area contributed by atoms with Crippen LogP contribution in [0.1, 0.15) is 18.4 Å². The minimum Gasteiger partial charge on any atom is -0.380 e. The van der Waals surface area contributed by atoms with E-state index in [1.165, 1.54) is 12.0 Å². The van der Waals surface area contributed by atoms with Crippen LogP contribution in [-0.2, 0) is 11.3 Å². The van der Waals surface area contributed by atoms with Crippen LogP contribution in [0.5, 0.6) is 0 Å². The summed E-state index contributed by atoms with van der Waals surface area (Å²) in [5.41, 5.74) is 2.17. The molecule has 3 nitrogen and oxygen atoms in total. The van der Waals surface area contributed by atoms with Crippen LogP contribution in [0.15, 0.2) is 30.5 Å². The van der Waals surface area contributed by atoms with Gasteiger partial charge in [0, 0.05) is 35.8 Å². The molecule has 1 aromatic heterocycles. The summed E-state index contributed by atoms with van der Waals surface area (Å²) in [5, 5.41) is 5.32. The molecule has 100 valence electrons. The van der Waals surface area contributed by atoms with Crippen molar-refractivity contribution in [2.24, 2.45) is 0 Å². The second-order valence-corrected chi connectivity index (χ2v) is 5.31. The van der Waals surface area contributed by atoms with Crippen molar-refractivity contribution < 1.29 is 4.74 Å². The zero-order valence-corrected chi connectivity index (χ0v) is 11.5. The van der Waals surface area contributed by atoms with Gasteiger partial charge in [-0.05, 0) is 36.6 Å². The number of hydrogen-bond donors (Lipinski definition) is 1. The van der Waals surface area contributed by atoms with E-state index in [1.54, 1.807) is 0 Å². The fourth-order valence-electron chi connectivity index (χ4n) is 2.50. The van der Waals surface area contributed by atoms with Gasteiger partial charge in [-0.15, -0.1) is 0 Å². The molecular formula is C15H17ClN2O. The smallest absolute Gasteiger partial charge is 0.0761 e. The highest BCUT2D eigenvalue weighted by molar-refractivity contribution is 6.35. The van der Waals surface area contributed by atoms with Crippen LogP contribution in [0.4, 0.5) is 0 Å². The van der Waals surface area contributed by atoms with E-state index in [2.05, 4.69) is 10.3 Å². The molecule has 0 amide bonds. The van der Waals surface area contributed by atoms with E-state index in [0.717, 1.165) is 42.1 Å². The lowest BCUT2D eigenvalue weighted by Crippen LogP contribution is -2.36. The molecule has 3 rings (SSSR count). The maximum Gasteiger partial charge on any atom is 0.0761 e. The monoisotopic (exact) mass is 276 g/mol. The maximum atomic E-state index is 6.20. The van der Waals surface area contributed by atoms with Gasteiger partial charge in [-0.1, -0.05) is 17.7 Å². The maximum absolute atomic E-state index is 6.20. The first-order valence-corrected chi connectivity index (χ1v) is 7.05. The predicted octanol–water partition coefficient (Wildman–Crippen LogP) is 3.16. The van der Waals surface area contributed by atoms with Crippen LogP contribution in [0, 0.1) is 0 Å². The van der Waals surface area contributed by atoms with Crippen LogP contribution in [0.3, 0.4) is 0 Å². The Morgan fingerprint density at radius 2 is 2.32 bits per heavy atom. The van der Waals surface area contributed by atoms with E-state index in [1.807, 2.05) is 30.5 Å². The van der Waals surface area contributed by atoms with E-state index in [-0.39, 0.29) is 0 Å². The highest BCUT2D eigenvalue weighted by Crippen LogP contribution is 2.24. The fourth-order valence-corrected chi connectivity index (χ4v) is 2.71. The van der Waals surface area contributed by atoms with E-state index >= 15 is 0 Å². The normalized spacial score (nSPS) is 19.7. The fraction of sp³-hybridized carbons (Fsp3) is 0.400. The first-order chi connectivity index (χ1) is 9.34. The van der Waals surface area contributed by atoms with Gasteiger partial charge in [0.1, 0.15) is 0 Å². The summed E-state index contributed by atoms with van der Waals surface area (Å²) in [6, 6.07) is 8.37. The number of hydrogen-bond acceptors (Lipinski definition) is 3. The molecule has 0 bridgehead atoms. The Balaban J connectivity index is 1.79. The van der Waals surface area contributed by atoms with Crippen molar-refractivity contribution in [2.45, 2.75) is 25.4 Å². The molecule has 1 N–H and O–H groups in total. The van der Waals surface area contributed by atoms with Gasteiger partial charge in [-0.2, -0.15) is 0 Å². The van der Waals surface area contributed by atoms with Crippen LogP contribution >= 0.6 is 11.6 Å². The van der Waals surface area contributed by atoms with Gasteiger partial charge < -0.3 is 10.1 Å². The molecule has 2 heterocycles. The van der Waals surface area contributed by atoms with Crippen molar-refractivity contribution in [1.82, 2.24) is 10.3 Å². The zero-order chi connectivity index (χ0) is 13.1. The van der Waals surface area contributed by atoms with Gasteiger partial charge in [0.2, 0.25) is 0 Å². The first kappa shape index (κ1) is 12.9. The Bertz CT molecular complexity index is 567. The molecule has 1 fully saturated rings. The molecular weight excluding hydrogens is 260 g/mol. The number of benzene rings is 1. The van der Waals surface area contributed by atoms with Crippen LogP contribution < -0.4 is 5.32 Å². The number of fused-ring (bicyclic) bond motifs is 1. The lowest BCUT2D eigenvalue weighted by Gasteiger charge is -2.23. The van der Waals surface area contributed by atoms with Crippen LogP contribution in [0.25, 0.3) is 10.9 Å². The lowest BCUT2D eigenvalue weighted by atomic mass is 10.1. The number of rotatable bonds is 3. The standard InChI is InChI=1S/C15H17ClN2O/c16-14-6-5-11(15-13(14)4-1-7-17-15)9-18-12-3-2-8-19-10-12/h1,4-7,12,18H,2-3,8-10H2. The SMILES string of the molecule is Clc1ccc(CNC2CCCOC2)c2ncccc12. The van der Waals surface area contributed by atoms with Crippen molar-refractivity contribution in [3.8, 4) is 0 Å². The van der Waals surface area contributed by atoms with Gasteiger partial charge in [0.15, 0.2) is 0 Å². The second kappa shape index (κ2) is 5.87. The molecule has 1 aromatic carbocycles. The summed E-state index contributed by atoms with van der Waals surface area (Å²) in [5.74, 6) is 0. The summed E-state index contributed by atoms with van der Waals surface area (Å²) >= 11 is 6.20. The Labute approximate surface area is 117 Å². The Morgan fingerprint density at radius 3 is 3.16 bits per heavy atom. The summed E-state index contributed by atoms with van der Waals surface area (Å²) in [7, 11) is 0. The molecule has 0 aliphatic carbocycles. The average Bonchev–Trinajstić information content (AvgIpc) is 2.48. The van der Waals surface area contributed by atoms with Gasteiger partial charge in [0.05, 0.1) is 12.1 Å². The number of nitrogens with zero attached hydrogens (tertiary/aromatic N) is 1. The highest BCUT2D eigenvalue weighted by atomic mass is 35.5. The highest BCUT2D eigenvalue weighted by Gasteiger charge is 2.14. The zero-order valence-electron chi connectivity index (χ0n) is 10.7. The number of aromatic nitrogens is 1. The van der Waals surface area contributed by atoms with Gasteiger partial charge in [-0.25, -0.2) is 0 Å². The molecule has 2 aromatic rings. The molecule has 1 saturated heterocycles. The average molecular weight is 277 g/mol. The molecule has 0 saturated carbocycles. The van der Waals surface area contributed by atoms with Crippen LogP contribution in [0.2, 0.25) is 5.02 Å². The largest absolute Gasteiger partial charge is 0.380 e. The summed E-state index contributed by atoms with van der Waals surface area (Å²) in [6.07, 6.45) is 4.13. The number of pyridine rings is 1. The van der Waals surface area contributed by atoms with Crippen molar-refractivity contribution >= 4 is 22.5 Å². The lowest BCUT2D eigenvalue weighted by molar-refractivity contribution is 0.0700. The predicted molar refractivity (Wildman–Crippen MR) is 77.4 cm³/mol. The quantitative estimate of drug-likeness (QED) is 0.935. The second-order valence-electron chi connectivity index (χ2n) is 4.90. The topological polar surface area (TPSA) is 34.1 Å². The van der Waals surface area contributed by atoms with E-state index in [0.29, 0.717) is 6.04 Å². The van der Waals surface area contributed by atoms with E-state index in [9.17, 15) is 0 Å². The number of nitrogens with one attached hydrogen (secondary N) is 1. The van der Waals surface area contributed by atoms with Gasteiger partial charge in [0.25, 0.3) is 0 Å². The third-order valence-corrected chi connectivity index (χ3v) is 3.87. The summed E-state index contributed by atoms with van der Waals surface area (Å²) in [6.45, 7) is 2.50. The summed E-state index contributed by atoms with van der Waals surface area (Å²) in [4.78, 5) is 4.45. The summed E-state index contributed by atoms with van der Waals surface area (Å²) < 4.78 is 5.48. The Morgan fingerprint density at radius 1 is 1.37 bits per heavy atom. The van der Waals surface area contributed by atoms with Gasteiger partial charge >= 0.3 is 0 Å². The molecule has 1 aliphatic heterocycles. The number of ether oxygens (including phenoxy) is 1. The van der Waals surface area contributed by atoms with Gasteiger partial charge in [-0.3, -0.25) is 4.98 Å². The van der Waals surface area contributed by atoms with Crippen molar-refractivity contribution in [3.05, 3.63) is 41.0 Å². The molecule has 0 radical (unpaired) electrons. The van der Waals surface area contributed by atoms with Crippen molar-refractivity contribution in [2.75, 3.05) is 13.2 Å². The molecule has 19 heavy (non-hydrogen) atoms. The molecule has 0 spiro atoms. The molecule has 1 aliphatic rings. The Kier molecular flexibility index (Phi) is 3.97. The third kappa shape index (κ3) is 2.89. The van der Waals surface area contributed by atoms with Crippen molar-refractivity contribution in [3.63, 3.8) is 0 Å².